The lowest BCUT2D eigenvalue weighted by molar-refractivity contribution is 0.445. The molecule has 1 fully saturated rings. The molecule has 1 aromatic carbocycles. The molecule has 0 radical (unpaired) electrons. The van der Waals surface area contributed by atoms with Gasteiger partial charge in [0.1, 0.15) is 0 Å². The number of guanidine groups is 1. The number of aryl methyl sites for hydroxylation is 1. The van der Waals surface area contributed by atoms with Gasteiger partial charge >= 0.3 is 0 Å². The minimum absolute atomic E-state index is 0. The van der Waals surface area contributed by atoms with Crippen molar-refractivity contribution in [1.29, 1.82) is 0 Å². The third kappa shape index (κ3) is 7.46. The maximum atomic E-state index is 11.8. The summed E-state index contributed by atoms with van der Waals surface area (Å²) in [6.45, 7) is 8.45. The topological polar surface area (TPSA) is 77.0 Å². The fourth-order valence-corrected chi connectivity index (χ4v) is 4.59. The Morgan fingerprint density at radius 3 is 2.63 bits per heavy atom. The van der Waals surface area contributed by atoms with Gasteiger partial charge in [-0.3, -0.25) is 4.99 Å². The van der Waals surface area contributed by atoms with Gasteiger partial charge in [-0.1, -0.05) is 12.1 Å². The molecule has 0 atom stereocenters. The quantitative estimate of drug-likeness (QED) is 0.317. The molecule has 0 aliphatic carbocycles. The van der Waals surface area contributed by atoms with Crippen LogP contribution >= 0.6 is 24.0 Å². The Labute approximate surface area is 180 Å². The summed E-state index contributed by atoms with van der Waals surface area (Å²) in [4.78, 5) is 6.52. The summed E-state index contributed by atoms with van der Waals surface area (Å²) in [6, 6.07) is 8.49. The van der Waals surface area contributed by atoms with E-state index < -0.39 is 10.0 Å². The molecule has 0 aromatic heterocycles. The number of nitrogens with zero attached hydrogens (tertiary/aromatic N) is 3. The van der Waals surface area contributed by atoms with E-state index in [4.69, 9.17) is 0 Å². The SMILES string of the molecule is CCN(CCNC(=NC)NCCN1CCCS1(=O)=O)c1cccc(C)c1.I. The Morgan fingerprint density at radius 2 is 2.04 bits per heavy atom. The molecule has 27 heavy (non-hydrogen) atoms. The second kappa shape index (κ2) is 11.7. The summed E-state index contributed by atoms with van der Waals surface area (Å²) in [6.07, 6.45) is 0.723. The first-order valence-corrected chi connectivity index (χ1v) is 10.8. The van der Waals surface area contributed by atoms with Crippen molar-refractivity contribution in [3.05, 3.63) is 29.8 Å². The summed E-state index contributed by atoms with van der Waals surface area (Å²) >= 11 is 0. The van der Waals surface area contributed by atoms with Crippen LogP contribution in [0.3, 0.4) is 0 Å². The number of anilines is 1. The maximum Gasteiger partial charge on any atom is 0.214 e. The minimum atomic E-state index is -3.03. The van der Waals surface area contributed by atoms with Gasteiger partial charge in [-0.15, -0.1) is 24.0 Å². The number of hydrogen-bond donors (Lipinski definition) is 2. The monoisotopic (exact) mass is 509 g/mol. The number of aliphatic imine (C=N–C) groups is 1. The Kier molecular flexibility index (Phi) is 10.4. The highest BCUT2D eigenvalue weighted by Crippen LogP contribution is 2.15. The zero-order chi connectivity index (χ0) is 19.0. The van der Waals surface area contributed by atoms with Crippen LogP contribution in [0.1, 0.15) is 18.9 Å². The summed E-state index contributed by atoms with van der Waals surface area (Å²) in [7, 11) is -1.31. The highest BCUT2D eigenvalue weighted by atomic mass is 127. The molecule has 0 unspecified atom stereocenters. The molecule has 154 valence electrons. The molecular formula is C18H32IN5O2S. The molecule has 1 aliphatic rings. The number of likely N-dealkylation sites (N-methyl/N-ethyl adjacent to an activating group) is 1. The second-order valence-electron chi connectivity index (χ2n) is 6.41. The third-order valence-electron chi connectivity index (χ3n) is 4.50. The van der Waals surface area contributed by atoms with Gasteiger partial charge < -0.3 is 15.5 Å². The average Bonchev–Trinajstić information content (AvgIpc) is 2.95. The first kappa shape index (κ1) is 24.0. The number of sulfonamides is 1. The van der Waals surface area contributed by atoms with Crippen LogP contribution in [0.4, 0.5) is 5.69 Å². The van der Waals surface area contributed by atoms with Gasteiger partial charge in [0.05, 0.1) is 5.75 Å². The number of hydrogen-bond acceptors (Lipinski definition) is 4. The Morgan fingerprint density at radius 1 is 1.30 bits per heavy atom. The summed E-state index contributed by atoms with van der Waals surface area (Å²) < 4.78 is 25.1. The van der Waals surface area contributed by atoms with Crippen molar-refractivity contribution in [2.24, 2.45) is 4.99 Å². The molecule has 2 N–H and O–H groups in total. The molecule has 0 spiro atoms. The van der Waals surface area contributed by atoms with E-state index in [0.717, 1.165) is 26.1 Å². The molecule has 9 heteroatoms. The standard InChI is InChI=1S/C18H31N5O2S.HI/c1-4-22(17-8-5-7-16(2)15-17)12-9-20-18(19-3)21-10-13-23-11-6-14-26(23,24)25;/h5,7-8,15H,4,6,9-14H2,1-3H3,(H2,19,20,21);1H. The van der Waals surface area contributed by atoms with E-state index in [9.17, 15) is 8.42 Å². The van der Waals surface area contributed by atoms with E-state index in [1.807, 2.05) is 0 Å². The van der Waals surface area contributed by atoms with Gasteiger partial charge in [-0.2, -0.15) is 0 Å². The first-order chi connectivity index (χ1) is 12.5. The Balaban J connectivity index is 0.00000364. The van der Waals surface area contributed by atoms with Crippen molar-refractivity contribution >= 4 is 45.6 Å². The predicted molar refractivity (Wildman–Crippen MR) is 124 cm³/mol. The number of rotatable bonds is 8. The molecule has 0 bridgehead atoms. The third-order valence-corrected chi connectivity index (χ3v) is 6.46. The molecule has 0 saturated carbocycles. The summed E-state index contributed by atoms with van der Waals surface area (Å²) in [5, 5.41) is 6.48. The van der Waals surface area contributed by atoms with E-state index >= 15 is 0 Å². The van der Waals surface area contributed by atoms with Gasteiger partial charge in [0.25, 0.3) is 0 Å². The van der Waals surface area contributed by atoms with Gasteiger partial charge in [-0.05, 0) is 38.0 Å². The summed E-state index contributed by atoms with van der Waals surface area (Å²) in [5.74, 6) is 0.966. The van der Waals surface area contributed by atoms with Crippen LogP contribution < -0.4 is 15.5 Å². The number of nitrogens with one attached hydrogen (secondary N) is 2. The molecule has 0 amide bonds. The molecule has 1 aromatic rings. The summed E-state index contributed by atoms with van der Waals surface area (Å²) in [5.41, 5.74) is 2.47. The zero-order valence-electron chi connectivity index (χ0n) is 16.4. The van der Waals surface area contributed by atoms with Gasteiger partial charge in [-0.25, -0.2) is 12.7 Å². The van der Waals surface area contributed by atoms with E-state index in [1.54, 1.807) is 11.4 Å². The van der Waals surface area contributed by atoms with Crippen LogP contribution in [0.5, 0.6) is 0 Å². The van der Waals surface area contributed by atoms with E-state index in [-0.39, 0.29) is 29.7 Å². The highest BCUT2D eigenvalue weighted by molar-refractivity contribution is 14.0. The highest BCUT2D eigenvalue weighted by Gasteiger charge is 2.27. The van der Waals surface area contributed by atoms with E-state index in [2.05, 4.69) is 58.6 Å². The minimum Gasteiger partial charge on any atom is -0.370 e. The smallest absolute Gasteiger partial charge is 0.214 e. The van der Waals surface area contributed by atoms with Gasteiger partial charge in [0.15, 0.2) is 5.96 Å². The van der Waals surface area contributed by atoms with Crippen molar-refractivity contribution in [2.45, 2.75) is 20.3 Å². The molecule has 1 saturated heterocycles. The Bertz CT molecular complexity index is 711. The van der Waals surface area contributed by atoms with Crippen LogP contribution in [-0.2, 0) is 10.0 Å². The lowest BCUT2D eigenvalue weighted by Crippen LogP contribution is -2.44. The van der Waals surface area contributed by atoms with Crippen molar-refractivity contribution < 1.29 is 8.42 Å². The van der Waals surface area contributed by atoms with Crippen LogP contribution in [0, 0.1) is 6.92 Å². The zero-order valence-corrected chi connectivity index (χ0v) is 19.6. The number of benzene rings is 1. The largest absolute Gasteiger partial charge is 0.370 e. The first-order valence-electron chi connectivity index (χ1n) is 9.20. The second-order valence-corrected chi connectivity index (χ2v) is 8.50. The van der Waals surface area contributed by atoms with Crippen molar-refractivity contribution in [1.82, 2.24) is 14.9 Å². The molecule has 7 nitrogen and oxygen atoms in total. The van der Waals surface area contributed by atoms with Crippen molar-refractivity contribution in [3.8, 4) is 0 Å². The lowest BCUT2D eigenvalue weighted by atomic mass is 10.2. The predicted octanol–water partition coefficient (Wildman–Crippen LogP) is 1.64. The van der Waals surface area contributed by atoms with Crippen LogP contribution in [-0.4, -0.2) is 70.8 Å². The van der Waals surface area contributed by atoms with Crippen LogP contribution in [0.15, 0.2) is 29.3 Å². The van der Waals surface area contributed by atoms with Crippen molar-refractivity contribution in [3.63, 3.8) is 0 Å². The molecule has 1 heterocycles. The van der Waals surface area contributed by atoms with Crippen LogP contribution in [0.2, 0.25) is 0 Å². The molecule has 1 aliphatic heterocycles. The normalized spacial score (nSPS) is 16.6. The number of halogens is 1. The average molecular weight is 509 g/mol. The molecule has 2 rings (SSSR count). The van der Waals surface area contributed by atoms with Gasteiger partial charge in [0, 0.05) is 52.0 Å². The molecular weight excluding hydrogens is 477 g/mol. The lowest BCUT2D eigenvalue weighted by Gasteiger charge is -2.24. The van der Waals surface area contributed by atoms with Crippen LogP contribution in [0.25, 0.3) is 0 Å². The van der Waals surface area contributed by atoms with Gasteiger partial charge in [0.2, 0.25) is 10.0 Å². The van der Waals surface area contributed by atoms with E-state index in [0.29, 0.717) is 25.6 Å². The maximum absolute atomic E-state index is 11.8. The Hall–Kier alpha value is -1.07. The fraction of sp³-hybridized carbons (Fsp3) is 0.611. The van der Waals surface area contributed by atoms with E-state index in [1.165, 1.54) is 11.3 Å². The van der Waals surface area contributed by atoms with Crippen molar-refractivity contribution in [2.75, 3.05) is 57.0 Å². The fourth-order valence-electron chi connectivity index (χ4n) is 3.07.